The molecule has 1 aromatic rings. The number of nitrogens with one attached hydrogen (secondary N) is 1. The van der Waals surface area contributed by atoms with Gasteiger partial charge in [0.15, 0.2) is 0 Å². The van der Waals surface area contributed by atoms with E-state index in [-0.39, 0.29) is 11.9 Å². The highest BCUT2D eigenvalue weighted by atomic mass is 16.2. The number of aromatic nitrogens is 2. The van der Waals surface area contributed by atoms with Crippen molar-refractivity contribution in [1.82, 2.24) is 24.9 Å². The van der Waals surface area contributed by atoms with Crippen LogP contribution in [0.5, 0.6) is 0 Å². The monoisotopic (exact) mass is 347 g/mol. The highest BCUT2D eigenvalue weighted by Gasteiger charge is 2.47. The maximum Gasteiger partial charge on any atom is 0.237 e. The third-order valence-corrected chi connectivity index (χ3v) is 5.88. The Balaban J connectivity index is 1.55. The van der Waals surface area contributed by atoms with E-state index >= 15 is 0 Å². The Bertz CT molecular complexity index is 576. The molecule has 1 spiro atoms. The smallest absolute Gasteiger partial charge is 0.237 e. The minimum atomic E-state index is 0.0442. The molecule has 0 bridgehead atoms. The van der Waals surface area contributed by atoms with Crippen LogP contribution >= 0.6 is 0 Å². The number of amides is 1. The summed E-state index contributed by atoms with van der Waals surface area (Å²) in [4.78, 5) is 17.7. The van der Waals surface area contributed by atoms with E-state index in [0.717, 1.165) is 51.3 Å². The lowest BCUT2D eigenvalue weighted by Gasteiger charge is -2.37. The minimum absolute atomic E-state index is 0.0442. The fourth-order valence-electron chi connectivity index (χ4n) is 4.38. The summed E-state index contributed by atoms with van der Waals surface area (Å²) >= 11 is 0. The molecule has 0 aromatic carbocycles. The van der Waals surface area contributed by atoms with Crippen molar-refractivity contribution in [3.63, 3.8) is 0 Å². The molecule has 6 heteroatoms. The van der Waals surface area contributed by atoms with E-state index < -0.39 is 0 Å². The molecule has 1 amide bonds. The first-order valence-corrected chi connectivity index (χ1v) is 9.72. The van der Waals surface area contributed by atoms with Crippen LogP contribution in [0.25, 0.3) is 0 Å². The summed E-state index contributed by atoms with van der Waals surface area (Å²) in [6.45, 7) is 9.99. The van der Waals surface area contributed by atoms with Gasteiger partial charge in [-0.05, 0) is 70.8 Å². The summed E-state index contributed by atoms with van der Waals surface area (Å²) < 4.78 is 1.90. The number of likely N-dealkylation sites (tertiary alicyclic amines) is 2. The molecule has 140 valence electrons. The van der Waals surface area contributed by atoms with Gasteiger partial charge in [-0.1, -0.05) is 6.92 Å². The molecule has 1 atom stereocenters. The number of hydrogen-bond donors (Lipinski definition) is 1. The van der Waals surface area contributed by atoms with Crippen LogP contribution in [-0.4, -0.2) is 71.3 Å². The largest absolute Gasteiger partial charge is 0.353 e. The predicted octanol–water partition coefficient (Wildman–Crippen LogP) is 1.50. The van der Waals surface area contributed by atoms with Gasteiger partial charge < -0.3 is 10.2 Å². The van der Waals surface area contributed by atoms with E-state index in [9.17, 15) is 4.79 Å². The SMILES string of the molecule is CCCN1CC2(CCN(C)CC2)C[C@@H]1C(=O)NCCn1ccc(C)n1. The third kappa shape index (κ3) is 4.42. The summed E-state index contributed by atoms with van der Waals surface area (Å²) in [5.41, 5.74) is 1.36. The lowest BCUT2D eigenvalue weighted by Crippen LogP contribution is -2.44. The molecule has 3 heterocycles. The van der Waals surface area contributed by atoms with Gasteiger partial charge in [0.05, 0.1) is 18.3 Å². The van der Waals surface area contributed by atoms with Crippen molar-refractivity contribution in [3.8, 4) is 0 Å². The zero-order valence-electron chi connectivity index (χ0n) is 16.0. The molecule has 1 aromatic heterocycles. The van der Waals surface area contributed by atoms with Crippen molar-refractivity contribution in [2.75, 3.05) is 39.8 Å². The van der Waals surface area contributed by atoms with E-state index in [2.05, 4.69) is 34.2 Å². The first kappa shape index (κ1) is 18.4. The first-order valence-electron chi connectivity index (χ1n) is 9.72. The predicted molar refractivity (Wildman–Crippen MR) is 99.4 cm³/mol. The van der Waals surface area contributed by atoms with Gasteiger partial charge in [0, 0.05) is 19.3 Å². The fourth-order valence-corrected chi connectivity index (χ4v) is 4.38. The van der Waals surface area contributed by atoms with Gasteiger partial charge in [-0.25, -0.2) is 0 Å². The molecule has 0 saturated carbocycles. The second-order valence-corrected chi connectivity index (χ2v) is 8.00. The van der Waals surface area contributed by atoms with E-state index in [4.69, 9.17) is 0 Å². The number of hydrogen-bond acceptors (Lipinski definition) is 4. The number of aryl methyl sites for hydroxylation is 1. The van der Waals surface area contributed by atoms with E-state index in [1.807, 2.05) is 23.9 Å². The van der Waals surface area contributed by atoms with Gasteiger partial charge in [-0.15, -0.1) is 0 Å². The number of carbonyl (C=O) groups is 1. The molecule has 3 rings (SSSR count). The van der Waals surface area contributed by atoms with E-state index in [1.165, 1.54) is 12.8 Å². The van der Waals surface area contributed by atoms with Gasteiger partial charge in [0.25, 0.3) is 0 Å². The Hall–Kier alpha value is -1.40. The highest BCUT2D eigenvalue weighted by Crippen LogP contribution is 2.43. The Morgan fingerprint density at radius 3 is 2.76 bits per heavy atom. The molecule has 0 radical (unpaired) electrons. The van der Waals surface area contributed by atoms with Crippen molar-refractivity contribution in [3.05, 3.63) is 18.0 Å². The summed E-state index contributed by atoms with van der Waals surface area (Å²) in [6.07, 6.45) is 6.54. The van der Waals surface area contributed by atoms with Crippen LogP contribution in [-0.2, 0) is 11.3 Å². The number of nitrogens with zero attached hydrogens (tertiary/aromatic N) is 4. The van der Waals surface area contributed by atoms with E-state index in [0.29, 0.717) is 12.0 Å². The van der Waals surface area contributed by atoms with Crippen molar-refractivity contribution in [2.24, 2.45) is 5.41 Å². The van der Waals surface area contributed by atoms with Crippen molar-refractivity contribution >= 4 is 5.91 Å². The molecule has 2 saturated heterocycles. The van der Waals surface area contributed by atoms with Crippen LogP contribution in [0.4, 0.5) is 0 Å². The molecule has 2 aliphatic heterocycles. The quantitative estimate of drug-likeness (QED) is 0.847. The second kappa shape index (κ2) is 7.87. The minimum Gasteiger partial charge on any atom is -0.353 e. The zero-order valence-corrected chi connectivity index (χ0v) is 16.0. The Labute approximate surface area is 151 Å². The zero-order chi connectivity index (χ0) is 17.9. The van der Waals surface area contributed by atoms with Gasteiger partial charge in [-0.2, -0.15) is 5.10 Å². The van der Waals surface area contributed by atoms with Crippen LogP contribution in [0, 0.1) is 12.3 Å². The molecular weight excluding hydrogens is 314 g/mol. The number of carbonyl (C=O) groups excluding carboxylic acids is 1. The Morgan fingerprint density at radius 1 is 1.36 bits per heavy atom. The fraction of sp³-hybridized carbons (Fsp3) is 0.789. The van der Waals surface area contributed by atoms with Crippen LogP contribution in [0.2, 0.25) is 0 Å². The van der Waals surface area contributed by atoms with Crippen molar-refractivity contribution in [2.45, 2.75) is 52.1 Å². The van der Waals surface area contributed by atoms with Gasteiger partial charge in [0.2, 0.25) is 5.91 Å². The highest BCUT2D eigenvalue weighted by molar-refractivity contribution is 5.82. The van der Waals surface area contributed by atoms with Crippen LogP contribution in [0.15, 0.2) is 12.3 Å². The molecule has 0 unspecified atom stereocenters. The van der Waals surface area contributed by atoms with Gasteiger partial charge >= 0.3 is 0 Å². The number of piperidine rings is 1. The number of rotatable bonds is 6. The normalized spacial score (nSPS) is 24.0. The lowest BCUT2D eigenvalue weighted by molar-refractivity contribution is -0.125. The molecule has 2 aliphatic rings. The average Bonchev–Trinajstić information content (AvgIpc) is 3.15. The maximum atomic E-state index is 12.8. The van der Waals surface area contributed by atoms with Crippen LogP contribution < -0.4 is 5.32 Å². The average molecular weight is 348 g/mol. The molecule has 25 heavy (non-hydrogen) atoms. The second-order valence-electron chi connectivity index (χ2n) is 8.00. The van der Waals surface area contributed by atoms with E-state index in [1.54, 1.807) is 0 Å². The van der Waals surface area contributed by atoms with Crippen molar-refractivity contribution in [1.29, 1.82) is 0 Å². The maximum absolute atomic E-state index is 12.8. The van der Waals surface area contributed by atoms with Crippen molar-refractivity contribution < 1.29 is 4.79 Å². The molecule has 6 nitrogen and oxygen atoms in total. The summed E-state index contributed by atoms with van der Waals surface area (Å²) in [5.74, 6) is 0.202. The van der Waals surface area contributed by atoms with Crippen LogP contribution in [0.1, 0.15) is 38.3 Å². The summed E-state index contributed by atoms with van der Waals surface area (Å²) in [6, 6.07) is 2.04. The van der Waals surface area contributed by atoms with Gasteiger partial charge in [-0.3, -0.25) is 14.4 Å². The third-order valence-electron chi connectivity index (χ3n) is 5.88. The van der Waals surface area contributed by atoms with Crippen LogP contribution in [0.3, 0.4) is 0 Å². The topological polar surface area (TPSA) is 53.4 Å². The molecule has 2 fully saturated rings. The van der Waals surface area contributed by atoms with Gasteiger partial charge in [0.1, 0.15) is 0 Å². The summed E-state index contributed by atoms with van der Waals surface area (Å²) in [5, 5.41) is 7.52. The molecule has 1 N–H and O–H groups in total. The molecule has 0 aliphatic carbocycles. The summed E-state index contributed by atoms with van der Waals surface area (Å²) in [7, 11) is 2.20. The molecular formula is C19H33N5O. The lowest BCUT2D eigenvalue weighted by atomic mass is 9.76. The Morgan fingerprint density at radius 2 is 2.12 bits per heavy atom. The Kier molecular flexibility index (Phi) is 5.79. The first-order chi connectivity index (χ1) is 12.0. The standard InChI is InChI=1S/C19H33N5O/c1-4-9-23-15-19(6-11-22(3)12-7-19)14-17(23)18(25)20-8-13-24-10-5-16(2)21-24/h5,10,17H,4,6-9,11-15H2,1-3H3,(H,20,25)/t17-/m1/s1.